The average molecular weight is 355 g/mol. The highest BCUT2D eigenvalue weighted by atomic mass is 16.5. The number of hydrogen-bond donors (Lipinski definition) is 1. The Morgan fingerprint density at radius 1 is 1.54 bits per heavy atom. The lowest BCUT2D eigenvalue weighted by Crippen LogP contribution is -2.55. The van der Waals surface area contributed by atoms with Crippen LogP contribution in [0.15, 0.2) is 23.6 Å². The minimum absolute atomic E-state index is 0.0901. The van der Waals surface area contributed by atoms with Gasteiger partial charge in [-0.2, -0.15) is 5.26 Å². The van der Waals surface area contributed by atoms with Crippen molar-refractivity contribution >= 4 is 11.5 Å². The van der Waals surface area contributed by atoms with Gasteiger partial charge in [-0.25, -0.2) is 0 Å². The van der Waals surface area contributed by atoms with Gasteiger partial charge in [0, 0.05) is 43.4 Å². The molecular formula is C17H21N7O2. The molecule has 2 aliphatic rings. The Balaban J connectivity index is 1.67. The number of carbonyl (C=O) groups excluding carboxylic acids is 1. The number of anilines is 1. The zero-order valence-corrected chi connectivity index (χ0v) is 14.4. The van der Waals surface area contributed by atoms with E-state index in [1.54, 1.807) is 12.3 Å². The van der Waals surface area contributed by atoms with Gasteiger partial charge in [0.2, 0.25) is 0 Å². The van der Waals surface area contributed by atoms with Crippen LogP contribution in [0.3, 0.4) is 0 Å². The lowest BCUT2D eigenvalue weighted by atomic mass is 10.00. The van der Waals surface area contributed by atoms with E-state index in [1.807, 2.05) is 4.90 Å². The molecule has 2 aliphatic heterocycles. The molecule has 1 aromatic rings. The summed E-state index contributed by atoms with van der Waals surface area (Å²) in [6.07, 6.45) is 4.83. The van der Waals surface area contributed by atoms with Gasteiger partial charge in [0.15, 0.2) is 5.78 Å². The van der Waals surface area contributed by atoms with Crippen LogP contribution in [-0.4, -0.2) is 55.2 Å². The molecule has 2 fully saturated rings. The number of nitrogens with zero attached hydrogens (tertiary/aromatic N) is 6. The Bertz CT molecular complexity index is 741. The molecule has 26 heavy (non-hydrogen) atoms. The van der Waals surface area contributed by atoms with Crippen molar-refractivity contribution in [2.45, 2.75) is 37.5 Å². The van der Waals surface area contributed by atoms with E-state index < -0.39 is 0 Å². The number of hydrogen-bond acceptors (Lipinski definition) is 7. The van der Waals surface area contributed by atoms with Crippen LogP contribution in [0, 0.1) is 11.3 Å². The standard InChI is InChI=1S/C17H21N7O2/c18-8-12-9-20-4-3-15(12)24-6-5-21-11-16(24)17(25)7-13-1-2-14(26-13)10-22-23-19/h3-4,9,13-14,16,21H,1-2,5-7,10-11H2. The van der Waals surface area contributed by atoms with Gasteiger partial charge in [0.1, 0.15) is 12.1 Å². The van der Waals surface area contributed by atoms with Crippen LogP contribution in [0.5, 0.6) is 0 Å². The summed E-state index contributed by atoms with van der Waals surface area (Å²) in [5, 5.41) is 16.1. The van der Waals surface area contributed by atoms with Gasteiger partial charge in [-0.15, -0.1) is 0 Å². The molecule has 0 spiro atoms. The van der Waals surface area contributed by atoms with Crippen molar-refractivity contribution in [3.05, 3.63) is 34.5 Å². The highest BCUT2D eigenvalue weighted by molar-refractivity contribution is 5.88. The van der Waals surface area contributed by atoms with Gasteiger partial charge in [-0.1, -0.05) is 5.11 Å². The zero-order valence-electron chi connectivity index (χ0n) is 14.4. The second kappa shape index (κ2) is 8.63. The van der Waals surface area contributed by atoms with E-state index in [4.69, 9.17) is 10.3 Å². The number of azide groups is 1. The van der Waals surface area contributed by atoms with Crippen molar-refractivity contribution in [2.24, 2.45) is 5.11 Å². The first-order chi connectivity index (χ1) is 12.7. The van der Waals surface area contributed by atoms with E-state index in [9.17, 15) is 10.1 Å². The summed E-state index contributed by atoms with van der Waals surface area (Å²) in [5.74, 6) is 0.0901. The van der Waals surface area contributed by atoms with E-state index in [0.717, 1.165) is 25.1 Å². The van der Waals surface area contributed by atoms with Crippen LogP contribution in [-0.2, 0) is 9.53 Å². The Morgan fingerprint density at radius 3 is 3.19 bits per heavy atom. The Labute approximate surface area is 151 Å². The van der Waals surface area contributed by atoms with Crippen molar-refractivity contribution in [1.29, 1.82) is 5.26 Å². The molecule has 1 aromatic heterocycles. The lowest BCUT2D eigenvalue weighted by molar-refractivity contribution is -0.123. The highest BCUT2D eigenvalue weighted by Crippen LogP contribution is 2.26. The SMILES string of the molecule is N#Cc1cnccc1N1CCNCC1C(=O)CC1CCC(CN=[N+]=[N-])O1. The summed E-state index contributed by atoms with van der Waals surface area (Å²) in [7, 11) is 0. The summed E-state index contributed by atoms with van der Waals surface area (Å²) in [6, 6.07) is 3.60. The average Bonchev–Trinajstić information content (AvgIpc) is 3.13. The molecule has 136 valence electrons. The fraction of sp³-hybridized carbons (Fsp3) is 0.588. The third-order valence-electron chi connectivity index (χ3n) is 4.82. The molecule has 0 aromatic carbocycles. The first-order valence-electron chi connectivity index (χ1n) is 8.73. The van der Waals surface area contributed by atoms with Gasteiger partial charge in [0.05, 0.1) is 30.0 Å². The second-order valence-electron chi connectivity index (χ2n) is 6.46. The topological polar surface area (TPSA) is 127 Å². The molecule has 3 unspecified atom stereocenters. The maximum absolute atomic E-state index is 12.9. The Morgan fingerprint density at radius 2 is 2.38 bits per heavy atom. The van der Waals surface area contributed by atoms with E-state index in [2.05, 4.69) is 26.4 Å². The third kappa shape index (κ3) is 4.11. The molecule has 0 amide bonds. The summed E-state index contributed by atoms with van der Waals surface area (Å²) in [6.45, 7) is 2.26. The number of nitrogens with one attached hydrogen (secondary N) is 1. The highest BCUT2D eigenvalue weighted by Gasteiger charge is 2.34. The van der Waals surface area contributed by atoms with Crippen LogP contribution in [0.1, 0.15) is 24.8 Å². The fourth-order valence-corrected chi connectivity index (χ4v) is 3.56. The van der Waals surface area contributed by atoms with Gasteiger partial charge in [0.25, 0.3) is 0 Å². The maximum Gasteiger partial charge on any atom is 0.159 e. The molecule has 3 heterocycles. The Kier molecular flexibility index (Phi) is 6.02. The quantitative estimate of drug-likeness (QED) is 0.468. The van der Waals surface area contributed by atoms with Crippen molar-refractivity contribution in [2.75, 3.05) is 31.1 Å². The summed E-state index contributed by atoms with van der Waals surface area (Å²) in [5.41, 5.74) is 9.61. The predicted octanol–water partition coefficient (Wildman–Crippen LogP) is 1.55. The van der Waals surface area contributed by atoms with E-state index >= 15 is 0 Å². The molecule has 0 saturated carbocycles. The molecule has 0 radical (unpaired) electrons. The Hall–Kier alpha value is -2.66. The molecule has 3 rings (SSSR count). The van der Waals surface area contributed by atoms with E-state index in [0.29, 0.717) is 31.6 Å². The smallest absolute Gasteiger partial charge is 0.159 e. The van der Waals surface area contributed by atoms with Crippen molar-refractivity contribution in [3.63, 3.8) is 0 Å². The number of rotatable bonds is 6. The fourth-order valence-electron chi connectivity index (χ4n) is 3.56. The molecule has 1 N–H and O–H groups in total. The first-order valence-corrected chi connectivity index (χ1v) is 8.73. The molecule has 0 aliphatic carbocycles. The number of aromatic nitrogens is 1. The minimum Gasteiger partial charge on any atom is -0.374 e. The van der Waals surface area contributed by atoms with Crippen LogP contribution in [0.2, 0.25) is 0 Å². The molecule has 3 atom stereocenters. The van der Waals surface area contributed by atoms with Gasteiger partial charge < -0.3 is 15.0 Å². The largest absolute Gasteiger partial charge is 0.374 e. The van der Waals surface area contributed by atoms with Crippen LogP contribution >= 0.6 is 0 Å². The molecule has 9 heteroatoms. The van der Waals surface area contributed by atoms with Crippen LogP contribution < -0.4 is 10.2 Å². The normalized spacial score (nSPS) is 25.3. The molecule has 2 saturated heterocycles. The predicted molar refractivity (Wildman–Crippen MR) is 94.5 cm³/mol. The number of pyridine rings is 1. The van der Waals surface area contributed by atoms with Crippen molar-refractivity contribution in [3.8, 4) is 6.07 Å². The van der Waals surface area contributed by atoms with Crippen molar-refractivity contribution < 1.29 is 9.53 Å². The monoisotopic (exact) mass is 355 g/mol. The molecule has 0 bridgehead atoms. The summed E-state index contributed by atoms with van der Waals surface area (Å²) in [4.78, 5) is 21.7. The van der Waals surface area contributed by atoms with Gasteiger partial charge in [-0.3, -0.25) is 9.78 Å². The minimum atomic E-state index is -0.335. The number of nitriles is 1. The number of Topliss-reactive ketones (excluding diaryl/α,β-unsaturated/α-hetero) is 1. The maximum atomic E-state index is 12.9. The first kappa shape index (κ1) is 18.1. The molecular weight excluding hydrogens is 334 g/mol. The number of carbonyl (C=O) groups is 1. The number of piperazine rings is 1. The van der Waals surface area contributed by atoms with Gasteiger partial charge in [-0.05, 0) is 24.4 Å². The van der Waals surface area contributed by atoms with E-state index in [1.165, 1.54) is 6.20 Å². The molecule has 9 nitrogen and oxygen atoms in total. The van der Waals surface area contributed by atoms with Crippen LogP contribution in [0.25, 0.3) is 10.4 Å². The van der Waals surface area contributed by atoms with Gasteiger partial charge >= 0.3 is 0 Å². The van der Waals surface area contributed by atoms with Crippen LogP contribution in [0.4, 0.5) is 5.69 Å². The lowest BCUT2D eigenvalue weighted by Gasteiger charge is -2.37. The van der Waals surface area contributed by atoms with Crippen molar-refractivity contribution in [1.82, 2.24) is 10.3 Å². The number of ether oxygens (including phenoxy) is 1. The summed E-state index contributed by atoms with van der Waals surface area (Å²) >= 11 is 0. The third-order valence-corrected chi connectivity index (χ3v) is 4.82. The second-order valence-corrected chi connectivity index (χ2v) is 6.46. The van der Waals surface area contributed by atoms with E-state index in [-0.39, 0.29) is 24.0 Å². The number of ketones is 1. The zero-order chi connectivity index (χ0) is 18.4. The summed E-state index contributed by atoms with van der Waals surface area (Å²) < 4.78 is 5.82.